The maximum absolute atomic E-state index is 12.4. The van der Waals surface area contributed by atoms with Crippen molar-refractivity contribution >= 4 is 5.91 Å². The summed E-state index contributed by atoms with van der Waals surface area (Å²) in [5.74, 6) is -0.106. The minimum Gasteiger partial charge on any atom is -0.389 e. The molecule has 1 fully saturated rings. The number of likely N-dealkylation sites (tertiary alicyclic amines) is 1. The Hall–Kier alpha value is -3.21. The summed E-state index contributed by atoms with van der Waals surface area (Å²) in [6, 6.07) is 31.5. The van der Waals surface area contributed by atoms with Gasteiger partial charge < -0.3 is 10.0 Å². The second kappa shape index (κ2) is 9.51. The molecular formula is C28H30N2O2. The van der Waals surface area contributed by atoms with E-state index >= 15 is 0 Å². The fourth-order valence-electron chi connectivity index (χ4n) is 4.67. The van der Waals surface area contributed by atoms with E-state index in [0.29, 0.717) is 19.5 Å². The van der Waals surface area contributed by atoms with Crippen molar-refractivity contribution in [1.82, 2.24) is 9.80 Å². The van der Waals surface area contributed by atoms with Crippen LogP contribution in [0.3, 0.4) is 0 Å². The van der Waals surface area contributed by atoms with E-state index in [1.165, 1.54) is 4.90 Å². The standard InChI is InChI=1S/C28H30N2O2/c1-29(2)27(32)20-22-21-30(19-18-26(22)31)28(23-12-6-3-7-13-23,24-14-8-4-9-15-24)25-16-10-5-11-17-25/h3-17,20,26,31H,18-19,21H2,1-2H3/b22-20-. The summed E-state index contributed by atoms with van der Waals surface area (Å²) in [7, 11) is 3.46. The highest BCUT2D eigenvalue weighted by molar-refractivity contribution is 5.88. The van der Waals surface area contributed by atoms with Gasteiger partial charge in [0, 0.05) is 33.3 Å². The average Bonchev–Trinajstić information content (AvgIpc) is 2.83. The molecule has 3 aromatic carbocycles. The van der Waals surface area contributed by atoms with Crippen molar-refractivity contribution in [3.63, 3.8) is 0 Å². The summed E-state index contributed by atoms with van der Waals surface area (Å²) in [5.41, 5.74) is 3.68. The average molecular weight is 427 g/mol. The Morgan fingerprint density at radius 3 is 1.72 bits per heavy atom. The number of benzene rings is 3. The Morgan fingerprint density at radius 1 is 0.875 bits per heavy atom. The first kappa shape index (κ1) is 22.0. The Kier molecular flexibility index (Phi) is 6.54. The summed E-state index contributed by atoms with van der Waals surface area (Å²) in [6.45, 7) is 1.20. The molecule has 1 heterocycles. The molecule has 0 aromatic heterocycles. The maximum atomic E-state index is 12.4. The molecule has 164 valence electrons. The van der Waals surface area contributed by atoms with Crippen LogP contribution < -0.4 is 0 Å². The quantitative estimate of drug-likeness (QED) is 0.494. The molecule has 0 aliphatic carbocycles. The zero-order valence-electron chi connectivity index (χ0n) is 18.7. The minimum absolute atomic E-state index is 0.106. The molecule has 0 saturated carbocycles. The Labute approximate surface area is 190 Å². The van der Waals surface area contributed by atoms with Gasteiger partial charge in [-0.05, 0) is 28.7 Å². The lowest BCUT2D eigenvalue weighted by Crippen LogP contribution is -2.53. The molecule has 0 radical (unpaired) electrons. The second-order valence-electron chi connectivity index (χ2n) is 8.49. The van der Waals surface area contributed by atoms with Crippen LogP contribution in [0.4, 0.5) is 0 Å². The van der Waals surface area contributed by atoms with Crippen LogP contribution in [0.15, 0.2) is 103 Å². The fraction of sp³-hybridized carbons (Fsp3) is 0.250. The molecule has 0 spiro atoms. The van der Waals surface area contributed by atoms with E-state index in [1.54, 1.807) is 20.2 Å². The number of piperidine rings is 1. The molecule has 1 amide bonds. The molecule has 1 atom stereocenters. The summed E-state index contributed by atoms with van der Waals surface area (Å²) in [5, 5.41) is 10.7. The van der Waals surface area contributed by atoms with Crippen LogP contribution in [-0.4, -0.2) is 54.1 Å². The van der Waals surface area contributed by atoms with Gasteiger partial charge in [-0.2, -0.15) is 0 Å². The number of aliphatic hydroxyl groups excluding tert-OH is 1. The van der Waals surface area contributed by atoms with Gasteiger partial charge in [-0.25, -0.2) is 0 Å². The van der Waals surface area contributed by atoms with Crippen molar-refractivity contribution < 1.29 is 9.90 Å². The number of hydrogen-bond donors (Lipinski definition) is 1. The minimum atomic E-state index is -0.616. The zero-order valence-corrected chi connectivity index (χ0v) is 18.7. The third-order valence-corrected chi connectivity index (χ3v) is 6.27. The van der Waals surface area contributed by atoms with E-state index in [0.717, 1.165) is 22.3 Å². The lowest BCUT2D eigenvalue weighted by molar-refractivity contribution is -0.123. The summed E-state index contributed by atoms with van der Waals surface area (Å²) in [6.07, 6.45) is 1.55. The molecule has 4 rings (SSSR count). The van der Waals surface area contributed by atoms with Gasteiger partial charge in [-0.3, -0.25) is 9.69 Å². The van der Waals surface area contributed by atoms with Crippen LogP contribution in [0.2, 0.25) is 0 Å². The van der Waals surface area contributed by atoms with E-state index < -0.39 is 11.6 Å². The molecule has 4 heteroatoms. The summed E-state index contributed by atoms with van der Waals surface area (Å²) < 4.78 is 0. The SMILES string of the molecule is CN(C)C(=O)/C=C1/CN(C(c2ccccc2)(c2ccccc2)c2ccccc2)CCC1O. The first-order chi connectivity index (χ1) is 15.5. The third-order valence-electron chi connectivity index (χ3n) is 6.27. The van der Waals surface area contributed by atoms with Gasteiger partial charge in [0.05, 0.1) is 11.6 Å². The van der Waals surface area contributed by atoms with Gasteiger partial charge >= 0.3 is 0 Å². The van der Waals surface area contributed by atoms with Crippen LogP contribution in [-0.2, 0) is 10.3 Å². The van der Waals surface area contributed by atoms with E-state index in [2.05, 4.69) is 77.7 Å². The number of rotatable bonds is 5. The molecule has 4 nitrogen and oxygen atoms in total. The number of amides is 1. The maximum Gasteiger partial charge on any atom is 0.246 e. The monoisotopic (exact) mass is 426 g/mol. The van der Waals surface area contributed by atoms with Gasteiger partial charge in [0.1, 0.15) is 0 Å². The van der Waals surface area contributed by atoms with Gasteiger partial charge in [-0.1, -0.05) is 91.0 Å². The lowest BCUT2D eigenvalue weighted by atomic mass is 9.74. The molecule has 3 aromatic rings. The molecule has 1 saturated heterocycles. The smallest absolute Gasteiger partial charge is 0.246 e. The number of aliphatic hydroxyl groups is 1. The second-order valence-corrected chi connectivity index (χ2v) is 8.49. The lowest BCUT2D eigenvalue weighted by Gasteiger charge is -2.48. The summed E-state index contributed by atoms with van der Waals surface area (Å²) in [4.78, 5) is 16.4. The molecule has 0 bridgehead atoms. The largest absolute Gasteiger partial charge is 0.389 e. The predicted octanol–water partition coefficient (Wildman–Crippen LogP) is 4.06. The van der Waals surface area contributed by atoms with Crippen molar-refractivity contribution in [2.24, 2.45) is 0 Å². The Morgan fingerprint density at radius 2 is 1.31 bits per heavy atom. The number of hydrogen-bond acceptors (Lipinski definition) is 3. The number of nitrogens with zero attached hydrogens (tertiary/aromatic N) is 2. The number of carbonyl (C=O) groups is 1. The van der Waals surface area contributed by atoms with Gasteiger partial charge in [0.2, 0.25) is 5.91 Å². The summed E-state index contributed by atoms with van der Waals surface area (Å²) >= 11 is 0. The van der Waals surface area contributed by atoms with Crippen molar-refractivity contribution in [3.05, 3.63) is 119 Å². The van der Waals surface area contributed by atoms with E-state index in [1.807, 2.05) is 18.2 Å². The van der Waals surface area contributed by atoms with E-state index in [9.17, 15) is 9.90 Å². The van der Waals surface area contributed by atoms with Gasteiger partial charge in [0.25, 0.3) is 0 Å². The fourth-order valence-corrected chi connectivity index (χ4v) is 4.67. The molecular weight excluding hydrogens is 396 g/mol. The molecule has 32 heavy (non-hydrogen) atoms. The topological polar surface area (TPSA) is 43.8 Å². The molecule has 1 aliphatic rings. The van der Waals surface area contributed by atoms with Crippen molar-refractivity contribution in [2.75, 3.05) is 27.2 Å². The van der Waals surface area contributed by atoms with Crippen LogP contribution in [0.25, 0.3) is 0 Å². The third kappa shape index (κ3) is 4.12. The highest BCUT2D eigenvalue weighted by Crippen LogP contribution is 2.44. The molecule has 1 N–H and O–H groups in total. The van der Waals surface area contributed by atoms with Crippen molar-refractivity contribution in [1.29, 1.82) is 0 Å². The Bertz CT molecular complexity index is 966. The van der Waals surface area contributed by atoms with Crippen LogP contribution in [0.1, 0.15) is 23.1 Å². The first-order valence-electron chi connectivity index (χ1n) is 11.0. The van der Waals surface area contributed by atoms with Gasteiger partial charge in [0.15, 0.2) is 0 Å². The Balaban J connectivity index is 1.93. The first-order valence-corrected chi connectivity index (χ1v) is 11.0. The number of likely N-dealkylation sites (N-methyl/N-ethyl adjacent to an activating group) is 1. The highest BCUT2D eigenvalue weighted by Gasteiger charge is 2.44. The normalized spacial score (nSPS) is 18.5. The van der Waals surface area contributed by atoms with E-state index in [-0.39, 0.29) is 5.91 Å². The molecule has 1 aliphatic heterocycles. The van der Waals surface area contributed by atoms with Crippen molar-refractivity contribution in [3.8, 4) is 0 Å². The van der Waals surface area contributed by atoms with Gasteiger partial charge in [-0.15, -0.1) is 0 Å². The number of carbonyl (C=O) groups excluding carboxylic acids is 1. The van der Waals surface area contributed by atoms with Crippen molar-refractivity contribution in [2.45, 2.75) is 18.1 Å². The van der Waals surface area contributed by atoms with Crippen LogP contribution in [0.5, 0.6) is 0 Å². The molecule has 1 unspecified atom stereocenters. The predicted molar refractivity (Wildman–Crippen MR) is 128 cm³/mol. The van der Waals surface area contributed by atoms with Crippen LogP contribution >= 0.6 is 0 Å². The highest BCUT2D eigenvalue weighted by atomic mass is 16.3. The van der Waals surface area contributed by atoms with E-state index in [4.69, 9.17) is 0 Å². The zero-order chi connectivity index (χ0) is 22.6. The van der Waals surface area contributed by atoms with Crippen LogP contribution in [0, 0.1) is 0 Å².